The van der Waals surface area contributed by atoms with Crippen molar-refractivity contribution in [2.45, 2.75) is 69.7 Å². The molecule has 2 aliphatic heterocycles. The summed E-state index contributed by atoms with van der Waals surface area (Å²) in [6.45, 7) is 3.91. The number of amides is 1. The van der Waals surface area contributed by atoms with Gasteiger partial charge in [-0.25, -0.2) is 14.4 Å². The number of aromatic nitrogens is 5. The molecule has 0 bridgehead atoms. The topological polar surface area (TPSA) is 107 Å². The van der Waals surface area contributed by atoms with Crippen molar-refractivity contribution in [3.8, 4) is 5.88 Å². The minimum Gasteiger partial charge on any atom is -0.474 e. The molecule has 5 aromatic rings. The van der Waals surface area contributed by atoms with E-state index >= 15 is 0 Å². The van der Waals surface area contributed by atoms with Gasteiger partial charge in [0.05, 0.1) is 35.8 Å². The Labute approximate surface area is 288 Å². The molecule has 1 saturated carbocycles. The van der Waals surface area contributed by atoms with Crippen molar-refractivity contribution in [3.63, 3.8) is 0 Å². The third-order valence-electron chi connectivity index (χ3n) is 9.54. The van der Waals surface area contributed by atoms with Gasteiger partial charge in [0, 0.05) is 66.9 Å². The van der Waals surface area contributed by atoms with Gasteiger partial charge >= 0.3 is 0 Å². The summed E-state index contributed by atoms with van der Waals surface area (Å²) < 4.78 is 28.6. The highest BCUT2D eigenvalue weighted by Crippen LogP contribution is 2.38. The van der Waals surface area contributed by atoms with Gasteiger partial charge in [0.1, 0.15) is 23.6 Å². The maximum Gasteiger partial charge on any atom is 0.257 e. The monoisotopic (exact) mass is 681 g/mol. The minimum absolute atomic E-state index is 0.0136. The second kappa shape index (κ2) is 13.8. The molecule has 252 valence electrons. The summed E-state index contributed by atoms with van der Waals surface area (Å²) in [4.78, 5) is 33.8. The maximum atomic E-state index is 14.3. The molecule has 0 spiro atoms. The van der Waals surface area contributed by atoms with Crippen molar-refractivity contribution < 1.29 is 18.7 Å². The predicted octanol–water partition coefficient (Wildman–Crippen LogP) is 6.57. The van der Waals surface area contributed by atoms with E-state index in [9.17, 15) is 9.18 Å². The largest absolute Gasteiger partial charge is 0.474 e. The number of imidazole rings is 1. The minimum atomic E-state index is -0.376. The highest BCUT2D eigenvalue weighted by Gasteiger charge is 2.27. The number of fused-ring (bicyclic) bond motifs is 1. The van der Waals surface area contributed by atoms with Gasteiger partial charge in [-0.15, -0.1) is 0 Å². The molecule has 0 unspecified atom stereocenters. The van der Waals surface area contributed by atoms with E-state index in [4.69, 9.17) is 26.1 Å². The number of likely N-dealkylation sites (tertiary alicyclic amines) is 1. The van der Waals surface area contributed by atoms with Crippen LogP contribution in [0, 0.1) is 5.82 Å². The molecule has 3 fully saturated rings. The second-order valence-electron chi connectivity index (χ2n) is 13.1. The second-order valence-corrected chi connectivity index (χ2v) is 13.6. The molecule has 1 N–H and O–H groups in total. The van der Waals surface area contributed by atoms with Crippen LogP contribution in [-0.2, 0) is 24.2 Å². The molecule has 2 aromatic carbocycles. The van der Waals surface area contributed by atoms with E-state index < -0.39 is 0 Å². The van der Waals surface area contributed by atoms with E-state index in [2.05, 4.69) is 29.7 Å². The summed E-state index contributed by atoms with van der Waals surface area (Å²) in [6, 6.07) is 16.1. The molecule has 12 heteroatoms. The smallest absolute Gasteiger partial charge is 0.257 e. The van der Waals surface area contributed by atoms with Crippen molar-refractivity contribution in [1.29, 1.82) is 0 Å². The van der Waals surface area contributed by atoms with Gasteiger partial charge in [0.25, 0.3) is 5.91 Å². The number of anilines is 1. The summed E-state index contributed by atoms with van der Waals surface area (Å²) in [6.07, 6.45) is 8.81. The van der Waals surface area contributed by atoms with Crippen LogP contribution < -0.4 is 10.1 Å². The van der Waals surface area contributed by atoms with Crippen LogP contribution in [0.5, 0.6) is 5.88 Å². The van der Waals surface area contributed by atoms with Gasteiger partial charge < -0.3 is 19.4 Å². The first-order valence-corrected chi connectivity index (χ1v) is 17.3. The summed E-state index contributed by atoms with van der Waals surface area (Å²) >= 11 is 5.89. The molecule has 3 aliphatic rings. The Morgan fingerprint density at radius 3 is 2.59 bits per heavy atom. The standard InChI is InChI=1S/C37H37ClFN7O3/c38-26-5-3-24(30(39)18-26)17-34-40-13-9-36(44-34)49-28-10-14-45(15-11-28)22-35-43-32-19-27(6-8-33(32)46(35)21-29-12-16-48-29)42-37(47)25-4-7-31(41-20-25)23-1-2-23/h3-9,13,18-20,23,28-29H,1-2,10-12,14-17,21-22H2,(H,42,47)/t29-/m0/s1. The van der Waals surface area contributed by atoms with E-state index in [1.54, 1.807) is 30.6 Å². The van der Waals surface area contributed by atoms with Gasteiger partial charge in [-0.2, -0.15) is 4.98 Å². The fourth-order valence-electron chi connectivity index (χ4n) is 6.50. The first kappa shape index (κ1) is 31.8. The third kappa shape index (κ3) is 7.44. The zero-order valence-electron chi connectivity index (χ0n) is 27.0. The molecule has 10 nitrogen and oxygen atoms in total. The molecule has 2 saturated heterocycles. The highest BCUT2D eigenvalue weighted by molar-refractivity contribution is 6.30. The number of pyridine rings is 1. The molecule has 1 atom stereocenters. The number of nitrogens with zero attached hydrogens (tertiary/aromatic N) is 6. The fourth-order valence-corrected chi connectivity index (χ4v) is 6.66. The number of halogens is 2. The van der Waals surface area contributed by atoms with Gasteiger partial charge in [0.2, 0.25) is 5.88 Å². The van der Waals surface area contributed by atoms with E-state index in [0.29, 0.717) is 46.0 Å². The molecule has 3 aromatic heterocycles. The van der Waals surface area contributed by atoms with Crippen molar-refractivity contribution >= 4 is 34.2 Å². The number of ether oxygens (including phenoxy) is 2. The molecule has 1 amide bonds. The summed E-state index contributed by atoms with van der Waals surface area (Å²) in [5, 5.41) is 3.38. The molecular formula is C37H37ClFN7O3. The Kier molecular flexibility index (Phi) is 8.96. The van der Waals surface area contributed by atoms with E-state index in [1.165, 1.54) is 18.9 Å². The van der Waals surface area contributed by atoms with Crippen LogP contribution in [0.3, 0.4) is 0 Å². The number of hydrogen-bond donors (Lipinski definition) is 1. The van der Waals surface area contributed by atoms with E-state index in [1.807, 2.05) is 30.3 Å². The van der Waals surface area contributed by atoms with Crippen LogP contribution in [-0.4, -0.2) is 67.2 Å². The lowest BCUT2D eigenvalue weighted by Gasteiger charge is -2.32. The van der Waals surface area contributed by atoms with Crippen LogP contribution in [0.15, 0.2) is 67.0 Å². The van der Waals surface area contributed by atoms with Crippen molar-refractivity contribution in [1.82, 2.24) is 29.4 Å². The van der Waals surface area contributed by atoms with Gasteiger partial charge in [-0.3, -0.25) is 14.7 Å². The predicted molar refractivity (Wildman–Crippen MR) is 183 cm³/mol. The summed E-state index contributed by atoms with van der Waals surface area (Å²) in [7, 11) is 0. The van der Waals surface area contributed by atoms with Gasteiger partial charge in [0.15, 0.2) is 0 Å². The van der Waals surface area contributed by atoms with Gasteiger partial charge in [-0.1, -0.05) is 17.7 Å². The Morgan fingerprint density at radius 1 is 1.00 bits per heavy atom. The number of hydrogen-bond acceptors (Lipinski definition) is 8. The maximum absolute atomic E-state index is 14.3. The first-order chi connectivity index (χ1) is 23.9. The van der Waals surface area contributed by atoms with Crippen LogP contribution in [0.4, 0.5) is 10.1 Å². The van der Waals surface area contributed by atoms with E-state index in [0.717, 1.165) is 68.1 Å². The Morgan fingerprint density at radius 2 is 1.86 bits per heavy atom. The Balaban J connectivity index is 0.909. The zero-order chi connectivity index (χ0) is 33.3. The third-order valence-corrected chi connectivity index (χ3v) is 9.77. The quantitative estimate of drug-likeness (QED) is 0.167. The summed E-state index contributed by atoms with van der Waals surface area (Å²) in [5.41, 5.74) is 4.65. The summed E-state index contributed by atoms with van der Waals surface area (Å²) in [5.74, 6) is 1.95. The Bertz CT molecular complexity index is 1970. The van der Waals surface area contributed by atoms with Gasteiger partial charge in [-0.05, 0) is 80.1 Å². The number of carbonyl (C=O) groups is 1. The molecule has 1 aliphatic carbocycles. The molecule has 0 radical (unpaired) electrons. The number of carbonyl (C=O) groups excluding carboxylic acids is 1. The Hall–Kier alpha value is -4.45. The van der Waals surface area contributed by atoms with Crippen molar-refractivity contribution in [3.05, 3.63) is 106 Å². The van der Waals surface area contributed by atoms with Crippen LogP contribution in [0.1, 0.15) is 71.3 Å². The SMILES string of the molecule is O=C(Nc1ccc2c(c1)nc(CN1CCC(Oc3ccnc(Cc4ccc(Cl)cc4F)n3)CC1)n2C[C@@H]1CCO1)c1ccc(C2CC2)nc1. The first-order valence-electron chi connectivity index (χ1n) is 17.0. The number of rotatable bonds is 11. The lowest BCUT2D eigenvalue weighted by Crippen LogP contribution is -2.39. The number of piperidine rings is 1. The average molecular weight is 682 g/mol. The highest BCUT2D eigenvalue weighted by atomic mass is 35.5. The van der Waals surface area contributed by atoms with Crippen molar-refractivity contribution in [2.75, 3.05) is 25.0 Å². The number of benzene rings is 2. The zero-order valence-corrected chi connectivity index (χ0v) is 27.8. The molecular weight excluding hydrogens is 645 g/mol. The molecule has 49 heavy (non-hydrogen) atoms. The normalized spacial score (nSPS) is 18.4. The average Bonchev–Trinajstić information content (AvgIpc) is 3.88. The lowest BCUT2D eigenvalue weighted by molar-refractivity contribution is -0.0592. The lowest BCUT2D eigenvalue weighted by atomic mass is 10.1. The molecule has 8 rings (SSSR count). The van der Waals surface area contributed by atoms with Crippen LogP contribution >= 0.6 is 11.6 Å². The number of nitrogens with one attached hydrogen (secondary N) is 1. The van der Waals surface area contributed by atoms with E-state index in [-0.39, 0.29) is 30.4 Å². The van der Waals surface area contributed by atoms with Crippen LogP contribution in [0.25, 0.3) is 11.0 Å². The molecule has 5 heterocycles. The van der Waals surface area contributed by atoms with Crippen LogP contribution in [0.2, 0.25) is 5.02 Å². The van der Waals surface area contributed by atoms with Crippen molar-refractivity contribution in [2.24, 2.45) is 0 Å². The fraction of sp³-hybridized carbons (Fsp3) is 0.378.